The second-order valence-electron chi connectivity index (χ2n) is 6.30. The van der Waals surface area contributed by atoms with Gasteiger partial charge in [-0.2, -0.15) is 5.10 Å². The second kappa shape index (κ2) is 6.47. The van der Waals surface area contributed by atoms with Gasteiger partial charge in [0.05, 0.1) is 12.2 Å². The Kier molecular flexibility index (Phi) is 4.38. The molecule has 1 aromatic heterocycles. The Morgan fingerprint density at radius 2 is 2.12 bits per heavy atom. The van der Waals surface area contributed by atoms with Crippen LogP contribution in [0.3, 0.4) is 0 Å². The number of aryl methyl sites for hydroxylation is 2. The van der Waals surface area contributed by atoms with E-state index in [1.807, 2.05) is 42.8 Å². The van der Waals surface area contributed by atoms with Crippen LogP contribution in [-0.2, 0) is 17.8 Å². The Bertz CT molecular complexity index is 781. The Labute approximate surface area is 141 Å². The molecule has 0 fully saturated rings. The summed E-state index contributed by atoms with van der Waals surface area (Å²) in [7, 11) is 1.76. The molecule has 0 saturated carbocycles. The summed E-state index contributed by atoms with van der Waals surface area (Å²) in [5.41, 5.74) is 3.63. The Hall–Kier alpha value is -2.63. The largest absolute Gasteiger partial charge is 0.342 e. The highest BCUT2D eigenvalue weighted by Gasteiger charge is 2.30. The van der Waals surface area contributed by atoms with E-state index >= 15 is 0 Å². The molecular weight excluding hydrogens is 304 g/mol. The van der Waals surface area contributed by atoms with Crippen LogP contribution in [0.4, 0.5) is 0 Å². The standard InChI is InChI=1S/C18H22N4O2/c1-12-10-13(2)22(20-12)9-8-21(3)18(24)16-11-14-6-4-5-7-15(14)17(23)19-16/h4-7,10,16H,8-9,11H2,1-3H3,(H,19,23)/t16-/m0/s1. The molecule has 2 amide bonds. The summed E-state index contributed by atoms with van der Waals surface area (Å²) < 4.78 is 1.90. The number of hydrogen-bond donors (Lipinski definition) is 1. The number of hydrogen-bond acceptors (Lipinski definition) is 3. The van der Waals surface area contributed by atoms with Crippen molar-refractivity contribution in [2.75, 3.05) is 13.6 Å². The molecular formula is C18H22N4O2. The van der Waals surface area contributed by atoms with Crippen molar-refractivity contribution in [1.29, 1.82) is 0 Å². The Morgan fingerprint density at radius 1 is 1.38 bits per heavy atom. The topological polar surface area (TPSA) is 67.2 Å². The fraction of sp³-hybridized carbons (Fsp3) is 0.389. The molecule has 1 N–H and O–H groups in total. The third-order valence-electron chi connectivity index (χ3n) is 4.42. The highest BCUT2D eigenvalue weighted by molar-refractivity contribution is 6.00. The van der Waals surface area contributed by atoms with E-state index in [0.717, 1.165) is 17.0 Å². The molecule has 0 radical (unpaired) electrons. The number of aromatic nitrogens is 2. The molecule has 1 aliphatic rings. The van der Waals surface area contributed by atoms with Gasteiger partial charge in [-0.3, -0.25) is 14.3 Å². The van der Waals surface area contributed by atoms with Gasteiger partial charge in [0.2, 0.25) is 5.91 Å². The molecule has 24 heavy (non-hydrogen) atoms. The lowest BCUT2D eigenvalue weighted by atomic mass is 9.94. The van der Waals surface area contributed by atoms with Gasteiger partial charge in [-0.05, 0) is 31.5 Å². The van der Waals surface area contributed by atoms with Crippen molar-refractivity contribution < 1.29 is 9.59 Å². The van der Waals surface area contributed by atoms with Crippen LogP contribution in [0, 0.1) is 13.8 Å². The van der Waals surface area contributed by atoms with Gasteiger partial charge in [-0.1, -0.05) is 18.2 Å². The molecule has 6 nitrogen and oxygen atoms in total. The summed E-state index contributed by atoms with van der Waals surface area (Å²) in [6.45, 7) is 5.14. The first-order valence-electron chi connectivity index (χ1n) is 8.10. The van der Waals surface area contributed by atoms with E-state index in [1.54, 1.807) is 18.0 Å². The molecule has 0 saturated heterocycles. The second-order valence-corrected chi connectivity index (χ2v) is 6.30. The predicted molar refractivity (Wildman–Crippen MR) is 90.7 cm³/mol. The van der Waals surface area contributed by atoms with Crippen LogP contribution in [0.15, 0.2) is 30.3 Å². The van der Waals surface area contributed by atoms with Crippen LogP contribution in [-0.4, -0.2) is 46.1 Å². The zero-order chi connectivity index (χ0) is 17.3. The summed E-state index contributed by atoms with van der Waals surface area (Å²) in [5.74, 6) is -0.249. The van der Waals surface area contributed by atoms with Crippen molar-refractivity contribution in [1.82, 2.24) is 20.0 Å². The summed E-state index contributed by atoms with van der Waals surface area (Å²) in [5, 5.41) is 7.22. The summed E-state index contributed by atoms with van der Waals surface area (Å²) in [4.78, 5) is 26.5. The highest BCUT2D eigenvalue weighted by atomic mass is 16.2. The number of benzene rings is 1. The molecule has 1 atom stereocenters. The molecule has 6 heteroatoms. The minimum absolute atomic E-state index is 0.0700. The van der Waals surface area contributed by atoms with Gasteiger partial charge >= 0.3 is 0 Å². The maximum Gasteiger partial charge on any atom is 0.252 e. The van der Waals surface area contributed by atoms with Gasteiger partial charge < -0.3 is 10.2 Å². The van der Waals surface area contributed by atoms with Gasteiger partial charge in [-0.15, -0.1) is 0 Å². The lowest BCUT2D eigenvalue weighted by Gasteiger charge is -2.28. The number of nitrogens with one attached hydrogen (secondary N) is 1. The first-order valence-corrected chi connectivity index (χ1v) is 8.10. The van der Waals surface area contributed by atoms with Crippen molar-refractivity contribution in [2.24, 2.45) is 0 Å². The van der Waals surface area contributed by atoms with E-state index in [1.165, 1.54) is 0 Å². The van der Waals surface area contributed by atoms with E-state index < -0.39 is 6.04 Å². The number of rotatable bonds is 4. The monoisotopic (exact) mass is 326 g/mol. The number of nitrogens with zero attached hydrogens (tertiary/aromatic N) is 3. The maximum absolute atomic E-state index is 12.6. The van der Waals surface area contributed by atoms with E-state index in [4.69, 9.17) is 0 Å². The van der Waals surface area contributed by atoms with E-state index in [0.29, 0.717) is 25.1 Å². The highest BCUT2D eigenvalue weighted by Crippen LogP contribution is 2.17. The fourth-order valence-electron chi connectivity index (χ4n) is 3.10. The molecule has 0 spiro atoms. The van der Waals surface area contributed by atoms with Gasteiger partial charge in [-0.25, -0.2) is 0 Å². The summed E-state index contributed by atoms with van der Waals surface area (Å²) in [6.07, 6.45) is 0.533. The van der Waals surface area contributed by atoms with Gasteiger partial charge in [0.15, 0.2) is 0 Å². The first-order chi connectivity index (χ1) is 11.5. The zero-order valence-electron chi connectivity index (χ0n) is 14.2. The normalized spacial score (nSPS) is 16.5. The molecule has 1 aliphatic heterocycles. The quantitative estimate of drug-likeness (QED) is 0.921. The number of carbonyl (C=O) groups is 2. The van der Waals surface area contributed by atoms with Crippen molar-refractivity contribution in [3.8, 4) is 0 Å². The van der Waals surface area contributed by atoms with E-state index in [9.17, 15) is 9.59 Å². The van der Waals surface area contributed by atoms with Gasteiger partial charge in [0, 0.05) is 31.3 Å². The van der Waals surface area contributed by atoms with Crippen LogP contribution >= 0.6 is 0 Å². The maximum atomic E-state index is 12.6. The van der Waals surface area contributed by atoms with Crippen LogP contribution in [0.2, 0.25) is 0 Å². The molecule has 2 aromatic rings. The third kappa shape index (κ3) is 3.18. The smallest absolute Gasteiger partial charge is 0.252 e. The van der Waals surface area contributed by atoms with Crippen LogP contribution < -0.4 is 5.32 Å². The summed E-state index contributed by atoms with van der Waals surface area (Å²) in [6, 6.07) is 8.94. The van der Waals surface area contributed by atoms with Gasteiger partial charge in [0.25, 0.3) is 5.91 Å². The molecule has 0 unspecified atom stereocenters. The SMILES string of the molecule is Cc1cc(C)n(CCN(C)C(=O)[C@@H]2Cc3ccccc3C(=O)N2)n1. The minimum atomic E-state index is -0.502. The number of likely N-dealkylation sites (N-methyl/N-ethyl adjacent to an activating group) is 1. The number of fused-ring (bicyclic) bond motifs is 1. The van der Waals surface area contributed by atoms with Crippen molar-refractivity contribution >= 4 is 11.8 Å². The van der Waals surface area contributed by atoms with E-state index in [2.05, 4.69) is 10.4 Å². The Morgan fingerprint density at radius 3 is 2.83 bits per heavy atom. The average molecular weight is 326 g/mol. The van der Waals surface area contributed by atoms with Crippen molar-refractivity contribution in [3.05, 3.63) is 52.8 Å². The number of amides is 2. The molecule has 1 aromatic carbocycles. The van der Waals surface area contributed by atoms with Crippen LogP contribution in [0.25, 0.3) is 0 Å². The molecule has 2 heterocycles. The van der Waals surface area contributed by atoms with Gasteiger partial charge in [0.1, 0.15) is 6.04 Å². The predicted octanol–water partition coefficient (Wildman–Crippen LogP) is 1.31. The summed E-state index contributed by atoms with van der Waals surface area (Å²) >= 11 is 0. The van der Waals surface area contributed by atoms with E-state index in [-0.39, 0.29) is 11.8 Å². The number of carbonyl (C=O) groups excluding carboxylic acids is 2. The van der Waals surface area contributed by atoms with Crippen LogP contribution in [0.1, 0.15) is 27.3 Å². The third-order valence-corrected chi connectivity index (χ3v) is 4.42. The fourth-order valence-corrected chi connectivity index (χ4v) is 3.10. The van der Waals surface area contributed by atoms with Crippen molar-refractivity contribution in [2.45, 2.75) is 32.9 Å². The van der Waals surface area contributed by atoms with Crippen LogP contribution in [0.5, 0.6) is 0 Å². The first kappa shape index (κ1) is 16.2. The molecule has 0 bridgehead atoms. The molecule has 3 rings (SSSR count). The molecule has 126 valence electrons. The molecule has 0 aliphatic carbocycles. The lowest BCUT2D eigenvalue weighted by Crippen LogP contribution is -2.51. The van der Waals surface area contributed by atoms with Crippen molar-refractivity contribution in [3.63, 3.8) is 0 Å². The lowest BCUT2D eigenvalue weighted by molar-refractivity contribution is -0.132. The zero-order valence-corrected chi connectivity index (χ0v) is 14.2. The average Bonchev–Trinajstić information content (AvgIpc) is 2.89. The Balaban J connectivity index is 1.64. The minimum Gasteiger partial charge on any atom is -0.342 e.